The molecule has 1 heterocycles. The monoisotopic (exact) mass is 454 g/mol. The number of benzene rings is 2. The molecule has 9 nitrogen and oxygen atoms in total. The Kier molecular flexibility index (Phi) is 9.22. The standard InChI is InChI=1S/C24H30N4O5/c1-32-14-12-25-23(30)17-4-8-19(9-5-17)26-16-22(29)28-20-10-6-18(7-11-20)24(31)27-15-21-3-2-13-33-21/h4-11,21,26H,2-3,12-16H2,1H3,(H,25,30)(H,27,31)(H,28,29). The van der Waals surface area contributed by atoms with Gasteiger partial charge >= 0.3 is 0 Å². The molecular weight excluding hydrogens is 424 g/mol. The fourth-order valence-corrected chi connectivity index (χ4v) is 3.31. The maximum Gasteiger partial charge on any atom is 0.251 e. The Balaban J connectivity index is 1.40. The van der Waals surface area contributed by atoms with E-state index < -0.39 is 0 Å². The first-order valence-electron chi connectivity index (χ1n) is 11.0. The molecule has 1 unspecified atom stereocenters. The summed E-state index contributed by atoms with van der Waals surface area (Å²) in [6, 6.07) is 13.6. The molecule has 0 spiro atoms. The smallest absolute Gasteiger partial charge is 0.251 e. The first-order chi connectivity index (χ1) is 16.0. The van der Waals surface area contributed by atoms with Crippen molar-refractivity contribution < 1.29 is 23.9 Å². The molecule has 0 radical (unpaired) electrons. The Morgan fingerprint density at radius 1 is 0.939 bits per heavy atom. The zero-order valence-electron chi connectivity index (χ0n) is 18.7. The van der Waals surface area contributed by atoms with Crippen LogP contribution >= 0.6 is 0 Å². The SMILES string of the molecule is COCCNC(=O)c1ccc(NCC(=O)Nc2ccc(C(=O)NCC3CCCO3)cc2)cc1. The van der Waals surface area contributed by atoms with E-state index in [1.165, 1.54) is 0 Å². The molecule has 1 fully saturated rings. The molecule has 176 valence electrons. The van der Waals surface area contributed by atoms with E-state index in [1.807, 2.05) is 0 Å². The van der Waals surface area contributed by atoms with Gasteiger partial charge in [-0.15, -0.1) is 0 Å². The quantitative estimate of drug-likeness (QED) is 0.386. The fraction of sp³-hybridized carbons (Fsp3) is 0.375. The lowest BCUT2D eigenvalue weighted by molar-refractivity contribution is -0.114. The van der Waals surface area contributed by atoms with Crippen molar-refractivity contribution in [2.75, 3.05) is 50.6 Å². The van der Waals surface area contributed by atoms with Crippen LogP contribution in [-0.4, -0.2) is 63.8 Å². The Morgan fingerprint density at radius 2 is 1.58 bits per heavy atom. The third-order valence-electron chi connectivity index (χ3n) is 5.14. The summed E-state index contributed by atoms with van der Waals surface area (Å²) in [5.74, 6) is -0.576. The van der Waals surface area contributed by atoms with Crippen molar-refractivity contribution in [3.8, 4) is 0 Å². The molecule has 33 heavy (non-hydrogen) atoms. The fourth-order valence-electron chi connectivity index (χ4n) is 3.31. The predicted octanol–water partition coefficient (Wildman–Crippen LogP) is 2.02. The van der Waals surface area contributed by atoms with Gasteiger partial charge in [0.05, 0.1) is 19.3 Å². The lowest BCUT2D eigenvalue weighted by atomic mass is 10.2. The van der Waals surface area contributed by atoms with Crippen molar-refractivity contribution in [3.05, 3.63) is 59.7 Å². The number of anilines is 2. The predicted molar refractivity (Wildman–Crippen MR) is 126 cm³/mol. The van der Waals surface area contributed by atoms with Crippen LogP contribution in [0.5, 0.6) is 0 Å². The number of amides is 3. The summed E-state index contributed by atoms with van der Waals surface area (Å²) in [6.45, 7) is 2.20. The molecule has 0 aromatic heterocycles. The first-order valence-corrected chi connectivity index (χ1v) is 11.0. The molecule has 4 N–H and O–H groups in total. The number of hydrogen-bond donors (Lipinski definition) is 4. The van der Waals surface area contributed by atoms with Crippen molar-refractivity contribution in [2.45, 2.75) is 18.9 Å². The second-order valence-electron chi connectivity index (χ2n) is 7.65. The van der Waals surface area contributed by atoms with Crippen molar-refractivity contribution in [1.82, 2.24) is 10.6 Å². The molecule has 3 rings (SSSR count). The first kappa shape index (κ1) is 24.2. The van der Waals surface area contributed by atoms with Crippen molar-refractivity contribution in [3.63, 3.8) is 0 Å². The topological polar surface area (TPSA) is 118 Å². The Labute approximate surface area is 193 Å². The largest absolute Gasteiger partial charge is 0.383 e. The van der Waals surface area contributed by atoms with Crippen LogP contribution in [0, 0.1) is 0 Å². The van der Waals surface area contributed by atoms with Gasteiger partial charge < -0.3 is 30.7 Å². The lowest BCUT2D eigenvalue weighted by Gasteiger charge is -2.11. The van der Waals surface area contributed by atoms with E-state index in [-0.39, 0.29) is 30.4 Å². The number of rotatable bonds is 11. The maximum absolute atomic E-state index is 12.2. The van der Waals surface area contributed by atoms with Crippen LogP contribution in [0.15, 0.2) is 48.5 Å². The summed E-state index contributed by atoms with van der Waals surface area (Å²) in [6.07, 6.45) is 2.09. The van der Waals surface area contributed by atoms with Crippen LogP contribution in [0.3, 0.4) is 0 Å². The Hall–Kier alpha value is -3.43. The molecule has 1 atom stereocenters. The second-order valence-corrected chi connectivity index (χ2v) is 7.65. The molecule has 2 aromatic rings. The molecular formula is C24H30N4O5. The highest BCUT2D eigenvalue weighted by Gasteiger charge is 2.16. The zero-order valence-corrected chi connectivity index (χ0v) is 18.7. The third-order valence-corrected chi connectivity index (χ3v) is 5.14. The number of methoxy groups -OCH3 is 1. The lowest BCUT2D eigenvalue weighted by Crippen LogP contribution is -2.31. The molecule has 1 aliphatic heterocycles. The molecule has 3 amide bonds. The number of ether oxygens (including phenoxy) is 2. The number of hydrogen-bond acceptors (Lipinski definition) is 6. The summed E-state index contributed by atoms with van der Waals surface area (Å²) in [7, 11) is 1.57. The van der Waals surface area contributed by atoms with Gasteiger partial charge in [-0.1, -0.05) is 0 Å². The Morgan fingerprint density at radius 3 is 2.18 bits per heavy atom. The van der Waals surface area contributed by atoms with E-state index in [2.05, 4.69) is 21.3 Å². The van der Waals surface area contributed by atoms with Gasteiger partial charge in [0, 0.05) is 49.3 Å². The van der Waals surface area contributed by atoms with Crippen LogP contribution < -0.4 is 21.3 Å². The molecule has 9 heteroatoms. The molecule has 2 aromatic carbocycles. The molecule has 0 saturated carbocycles. The van der Waals surface area contributed by atoms with E-state index in [4.69, 9.17) is 9.47 Å². The van der Waals surface area contributed by atoms with E-state index >= 15 is 0 Å². The van der Waals surface area contributed by atoms with Crippen LogP contribution in [0.2, 0.25) is 0 Å². The summed E-state index contributed by atoms with van der Waals surface area (Å²) in [4.78, 5) is 36.4. The average Bonchev–Trinajstić information content (AvgIpc) is 3.36. The third kappa shape index (κ3) is 7.89. The molecule has 1 saturated heterocycles. The van der Waals surface area contributed by atoms with E-state index in [0.29, 0.717) is 36.5 Å². The minimum absolute atomic E-state index is 0.0585. The van der Waals surface area contributed by atoms with Crippen LogP contribution in [0.4, 0.5) is 11.4 Å². The number of carbonyl (C=O) groups is 3. The van der Waals surface area contributed by atoms with E-state index in [9.17, 15) is 14.4 Å². The highest BCUT2D eigenvalue weighted by Crippen LogP contribution is 2.13. The second kappa shape index (κ2) is 12.6. The van der Waals surface area contributed by atoms with Gasteiger partial charge in [-0.25, -0.2) is 0 Å². The van der Waals surface area contributed by atoms with Crippen LogP contribution in [-0.2, 0) is 14.3 Å². The van der Waals surface area contributed by atoms with Gasteiger partial charge in [-0.05, 0) is 61.4 Å². The van der Waals surface area contributed by atoms with Gasteiger partial charge in [0.25, 0.3) is 11.8 Å². The summed E-state index contributed by atoms with van der Waals surface area (Å²) < 4.78 is 10.4. The normalized spacial score (nSPS) is 15.0. The van der Waals surface area contributed by atoms with E-state index in [0.717, 1.165) is 25.1 Å². The van der Waals surface area contributed by atoms with Crippen molar-refractivity contribution >= 4 is 29.1 Å². The van der Waals surface area contributed by atoms with Crippen molar-refractivity contribution in [1.29, 1.82) is 0 Å². The van der Waals surface area contributed by atoms with Gasteiger partial charge in [0.2, 0.25) is 5.91 Å². The van der Waals surface area contributed by atoms with Crippen molar-refractivity contribution in [2.24, 2.45) is 0 Å². The maximum atomic E-state index is 12.2. The number of nitrogens with one attached hydrogen (secondary N) is 4. The average molecular weight is 455 g/mol. The Bertz CT molecular complexity index is 925. The summed E-state index contributed by atoms with van der Waals surface area (Å²) in [5, 5.41) is 11.4. The highest BCUT2D eigenvalue weighted by molar-refractivity contribution is 5.97. The molecule has 1 aliphatic rings. The van der Waals surface area contributed by atoms with E-state index in [1.54, 1.807) is 55.6 Å². The van der Waals surface area contributed by atoms with Gasteiger partial charge in [0.15, 0.2) is 0 Å². The molecule has 0 aliphatic carbocycles. The molecule has 0 bridgehead atoms. The van der Waals surface area contributed by atoms with Gasteiger partial charge in [-0.3, -0.25) is 14.4 Å². The van der Waals surface area contributed by atoms with Crippen LogP contribution in [0.1, 0.15) is 33.6 Å². The van der Waals surface area contributed by atoms with Crippen LogP contribution in [0.25, 0.3) is 0 Å². The summed E-state index contributed by atoms with van der Waals surface area (Å²) >= 11 is 0. The summed E-state index contributed by atoms with van der Waals surface area (Å²) in [5.41, 5.74) is 2.37. The number of carbonyl (C=O) groups excluding carboxylic acids is 3. The zero-order chi connectivity index (χ0) is 23.5. The van der Waals surface area contributed by atoms with Gasteiger partial charge in [-0.2, -0.15) is 0 Å². The van der Waals surface area contributed by atoms with Gasteiger partial charge in [0.1, 0.15) is 0 Å². The minimum atomic E-state index is -0.230. The highest BCUT2D eigenvalue weighted by atomic mass is 16.5. The minimum Gasteiger partial charge on any atom is -0.383 e.